The van der Waals surface area contributed by atoms with Gasteiger partial charge in [-0.05, 0) is 59.9 Å². The molecule has 5 nitrogen and oxygen atoms in total. The van der Waals surface area contributed by atoms with Crippen LogP contribution in [0.15, 0.2) is 78.9 Å². The van der Waals surface area contributed by atoms with Crippen LogP contribution in [-0.2, 0) is 15.9 Å². The van der Waals surface area contributed by atoms with Crippen molar-refractivity contribution in [1.29, 1.82) is 0 Å². The van der Waals surface area contributed by atoms with Crippen LogP contribution in [0, 0.1) is 0 Å². The summed E-state index contributed by atoms with van der Waals surface area (Å²) >= 11 is 0. The molecule has 3 aliphatic rings. The Bertz CT molecular complexity index is 1170. The van der Waals surface area contributed by atoms with Gasteiger partial charge in [0.2, 0.25) is 0 Å². The molecular weight excluding hydrogens is 450 g/mol. The van der Waals surface area contributed by atoms with Gasteiger partial charge in [0.1, 0.15) is 6.61 Å². The van der Waals surface area contributed by atoms with Crippen molar-refractivity contribution in [2.45, 2.75) is 55.7 Å². The summed E-state index contributed by atoms with van der Waals surface area (Å²) in [7, 11) is 0. The number of aryl methyl sites for hydroxylation is 1. The predicted octanol–water partition coefficient (Wildman–Crippen LogP) is 5.55. The van der Waals surface area contributed by atoms with Gasteiger partial charge in [-0.15, -0.1) is 0 Å². The summed E-state index contributed by atoms with van der Waals surface area (Å²) in [5.41, 5.74) is 5.38. The lowest BCUT2D eigenvalue weighted by molar-refractivity contribution is -0.135. The fraction of sp³-hybridized carbons (Fsp3) is 0.387. The maximum atomic E-state index is 13.4. The quantitative estimate of drug-likeness (QED) is 0.499. The molecule has 0 aromatic heterocycles. The zero-order valence-corrected chi connectivity index (χ0v) is 20.5. The minimum Gasteiger partial charge on any atom is -0.448 e. The molecule has 1 aliphatic carbocycles. The molecule has 2 heterocycles. The molecule has 1 N–H and O–H groups in total. The first-order valence-electron chi connectivity index (χ1n) is 13.1. The van der Waals surface area contributed by atoms with E-state index in [9.17, 15) is 9.90 Å². The Labute approximate surface area is 212 Å². The maximum absolute atomic E-state index is 13.4. The highest BCUT2D eigenvalue weighted by molar-refractivity contribution is 5.79. The van der Waals surface area contributed by atoms with E-state index in [0.717, 1.165) is 19.3 Å². The number of carbonyl (C=O) groups is 1. The number of hydrogen-bond donors (Lipinski definition) is 1. The molecule has 2 aliphatic heterocycles. The standard InChI is InChI=1S/C31H33NO4/c33-30(36-21-29-27-14-6-4-12-25(27)26-13-5-7-15-28(26)29)32-23-17-31(34,18-24(32)20-35-19-23)16-8-11-22-9-2-1-3-10-22/h1-7,9-10,12-15,23-24,29,34H,8,11,16-21H2. The van der Waals surface area contributed by atoms with Gasteiger partial charge < -0.3 is 14.6 Å². The van der Waals surface area contributed by atoms with Crippen LogP contribution in [0.2, 0.25) is 0 Å². The molecule has 36 heavy (non-hydrogen) atoms. The molecule has 186 valence electrons. The van der Waals surface area contributed by atoms with Crippen LogP contribution in [0.4, 0.5) is 4.79 Å². The van der Waals surface area contributed by atoms with E-state index in [1.807, 2.05) is 23.1 Å². The van der Waals surface area contributed by atoms with Gasteiger partial charge in [0.25, 0.3) is 0 Å². The highest BCUT2D eigenvalue weighted by atomic mass is 16.6. The number of fused-ring (bicyclic) bond motifs is 5. The molecule has 2 fully saturated rings. The summed E-state index contributed by atoms with van der Waals surface area (Å²) in [6.45, 7) is 1.20. The zero-order chi connectivity index (χ0) is 24.5. The molecule has 3 aromatic rings. The molecule has 2 bridgehead atoms. The van der Waals surface area contributed by atoms with E-state index in [0.29, 0.717) is 32.7 Å². The van der Waals surface area contributed by atoms with E-state index in [2.05, 4.69) is 60.7 Å². The van der Waals surface area contributed by atoms with Gasteiger partial charge in [-0.1, -0.05) is 78.9 Å². The lowest BCUT2D eigenvalue weighted by Crippen LogP contribution is -2.63. The van der Waals surface area contributed by atoms with Crippen molar-refractivity contribution in [2.24, 2.45) is 0 Å². The van der Waals surface area contributed by atoms with Gasteiger partial charge in [-0.2, -0.15) is 0 Å². The van der Waals surface area contributed by atoms with Crippen LogP contribution in [0.5, 0.6) is 0 Å². The Morgan fingerprint density at radius 1 is 0.889 bits per heavy atom. The summed E-state index contributed by atoms with van der Waals surface area (Å²) in [4.78, 5) is 15.2. The highest BCUT2D eigenvalue weighted by Gasteiger charge is 2.48. The van der Waals surface area contributed by atoms with Crippen LogP contribution < -0.4 is 0 Å². The Morgan fingerprint density at radius 2 is 1.47 bits per heavy atom. The van der Waals surface area contributed by atoms with Crippen molar-refractivity contribution in [1.82, 2.24) is 4.90 Å². The fourth-order valence-electron chi connectivity index (χ4n) is 6.51. The van der Waals surface area contributed by atoms with Crippen LogP contribution in [0.25, 0.3) is 11.1 Å². The van der Waals surface area contributed by atoms with E-state index in [4.69, 9.17) is 9.47 Å². The second-order valence-corrected chi connectivity index (χ2v) is 10.5. The topological polar surface area (TPSA) is 59.0 Å². The van der Waals surface area contributed by atoms with Gasteiger partial charge in [-0.3, -0.25) is 4.90 Å². The molecule has 0 spiro atoms. The van der Waals surface area contributed by atoms with Gasteiger partial charge in [-0.25, -0.2) is 4.79 Å². The number of aliphatic hydroxyl groups is 1. The first kappa shape index (κ1) is 23.3. The third kappa shape index (κ3) is 4.42. The minimum absolute atomic E-state index is 0.0390. The van der Waals surface area contributed by atoms with E-state index in [1.165, 1.54) is 27.8 Å². The first-order chi connectivity index (χ1) is 17.6. The maximum Gasteiger partial charge on any atom is 0.410 e. The average Bonchev–Trinajstić information content (AvgIpc) is 3.21. The van der Waals surface area contributed by atoms with Crippen molar-refractivity contribution in [3.05, 3.63) is 95.6 Å². The minimum atomic E-state index is -0.770. The number of morpholine rings is 1. The monoisotopic (exact) mass is 483 g/mol. The number of nitrogens with zero attached hydrogens (tertiary/aromatic N) is 1. The van der Waals surface area contributed by atoms with E-state index in [-0.39, 0.29) is 24.1 Å². The number of amides is 1. The number of hydrogen-bond acceptors (Lipinski definition) is 4. The lowest BCUT2D eigenvalue weighted by Gasteiger charge is -2.51. The first-order valence-corrected chi connectivity index (χ1v) is 13.1. The van der Waals surface area contributed by atoms with Gasteiger partial charge in [0.05, 0.1) is 30.9 Å². The van der Waals surface area contributed by atoms with Gasteiger partial charge in [0.15, 0.2) is 0 Å². The van der Waals surface area contributed by atoms with E-state index < -0.39 is 5.60 Å². The Balaban J connectivity index is 1.11. The van der Waals surface area contributed by atoms with Crippen LogP contribution in [0.1, 0.15) is 48.3 Å². The molecule has 2 unspecified atom stereocenters. The largest absolute Gasteiger partial charge is 0.448 e. The molecule has 3 aromatic carbocycles. The molecule has 6 rings (SSSR count). The summed E-state index contributed by atoms with van der Waals surface area (Å²) in [5, 5.41) is 11.4. The highest BCUT2D eigenvalue weighted by Crippen LogP contribution is 2.45. The molecular formula is C31H33NO4. The van der Waals surface area contributed by atoms with Crippen LogP contribution in [-0.4, -0.2) is 53.6 Å². The fourth-order valence-corrected chi connectivity index (χ4v) is 6.51. The third-order valence-corrected chi connectivity index (χ3v) is 8.14. The molecule has 0 radical (unpaired) electrons. The second-order valence-electron chi connectivity index (χ2n) is 10.5. The zero-order valence-electron chi connectivity index (χ0n) is 20.5. The number of ether oxygens (including phenoxy) is 2. The van der Waals surface area contributed by atoms with Crippen molar-refractivity contribution >= 4 is 6.09 Å². The van der Waals surface area contributed by atoms with Crippen molar-refractivity contribution in [3.63, 3.8) is 0 Å². The molecule has 2 saturated heterocycles. The third-order valence-electron chi connectivity index (χ3n) is 8.14. The second kappa shape index (κ2) is 9.72. The van der Waals surface area contributed by atoms with E-state index in [1.54, 1.807) is 0 Å². The molecule has 2 atom stereocenters. The predicted molar refractivity (Wildman–Crippen MR) is 139 cm³/mol. The van der Waals surface area contributed by atoms with Crippen molar-refractivity contribution in [3.8, 4) is 11.1 Å². The SMILES string of the molecule is O=C(OCC1c2ccccc2-c2ccccc21)N1C2COCC1CC(O)(CCCc1ccccc1)C2. The van der Waals surface area contributed by atoms with Crippen LogP contribution in [0.3, 0.4) is 0 Å². The summed E-state index contributed by atoms with van der Waals surface area (Å²) in [6, 6.07) is 26.8. The molecule has 5 heteroatoms. The van der Waals surface area contributed by atoms with E-state index >= 15 is 0 Å². The summed E-state index contributed by atoms with van der Waals surface area (Å²) < 4.78 is 11.8. The molecule has 0 saturated carbocycles. The number of rotatable bonds is 6. The normalized spacial score (nSPS) is 24.8. The summed E-state index contributed by atoms with van der Waals surface area (Å²) in [5.74, 6) is 0.0390. The number of carbonyl (C=O) groups excluding carboxylic acids is 1. The average molecular weight is 484 g/mol. The lowest BCUT2D eigenvalue weighted by atomic mass is 9.78. The smallest absolute Gasteiger partial charge is 0.410 e. The molecule has 1 amide bonds. The Kier molecular flexibility index (Phi) is 6.28. The van der Waals surface area contributed by atoms with Crippen molar-refractivity contribution < 1.29 is 19.4 Å². The number of benzene rings is 3. The van der Waals surface area contributed by atoms with Gasteiger partial charge in [0, 0.05) is 5.92 Å². The Morgan fingerprint density at radius 3 is 2.11 bits per heavy atom. The summed E-state index contributed by atoms with van der Waals surface area (Å²) in [6.07, 6.45) is 3.37. The van der Waals surface area contributed by atoms with Crippen LogP contribution >= 0.6 is 0 Å². The Hall–Kier alpha value is -3.15. The number of piperidine rings is 1. The van der Waals surface area contributed by atoms with Gasteiger partial charge >= 0.3 is 6.09 Å². The van der Waals surface area contributed by atoms with Crippen molar-refractivity contribution in [2.75, 3.05) is 19.8 Å².